The van der Waals surface area contributed by atoms with Crippen molar-refractivity contribution in [3.63, 3.8) is 0 Å². The number of sulfonamides is 1. The SMILES string of the molecule is CCCS(=O)(=O)Nc1ccccc1-c1n[nH]c(C)n1. The quantitative estimate of drug-likeness (QED) is 0.876. The summed E-state index contributed by atoms with van der Waals surface area (Å²) < 4.78 is 26.2. The fraction of sp³-hybridized carbons (Fsp3) is 0.333. The molecule has 6 nitrogen and oxygen atoms in total. The summed E-state index contributed by atoms with van der Waals surface area (Å²) in [6.45, 7) is 3.62. The van der Waals surface area contributed by atoms with E-state index in [4.69, 9.17) is 0 Å². The molecule has 0 aliphatic heterocycles. The van der Waals surface area contributed by atoms with E-state index < -0.39 is 10.0 Å². The monoisotopic (exact) mass is 280 g/mol. The maximum Gasteiger partial charge on any atom is 0.232 e. The number of nitrogens with zero attached hydrogens (tertiary/aromatic N) is 2. The molecule has 1 aromatic heterocycles. The van der Waals surface area contributed by atoms with E-state index in [0.29, 0.717) is 29.3 Å². The summed E-state index contributed by atoms with van der Waals surface area (Å²) in [6.07, 6.45) is 0.567. The predicted molar refractivity (Wildman–Crippen MR) is 74.3 cm³/mol. The Labute approximate surface area is 112 Å². The van der Waals surface area contributed by atoms with E-state index in [1.807, 2.05) is 13.0 Å². The molecule has 1 heterocycles. The number of rotatable bonds is 5. The maximum atomic E-state index is 11.8. The van der Waals surface area contributed by atoms with E-state index >= 15 is 0 Å². The lowest BCUT2D eigenvalue weighted by molar-refractivity contribution is 0.600. The van der Waals surface area contributed by atoms with Gasteiger partial charge >= 0.3 is 0 Å². The summed E-state index contributed by atoms with van der Waals surface area (Å²) in [6, 6.07) is 7.08. The van der Waals surface area contributed by atoms with Crippen molar-refractivity contribution in [2.75, 3.05) is 10.5 Å². The van der Waals surface area contributed by atoms with Gasteiger partial charge in [0.05, 0.1) is 11.4 Å². The smallest absolute Gasteiger partial charge is 0.232 e. The summed E-state index contributed by atoms with van der Waals surface area (Å²) in [7, 11) is -3.32. The second-order valence-electron chi connectivity index (χ2n) is 4.21. The van der Waals surface area contributed by atoms with Crippen LogP contribution in [0.2, 0.25) is 0 Å². The van der Waals surface area contributed by atoms with Crippen LogP contribution in [0.25, 0.3) is 11.4 Å². The molecule has 0 saturated heterocycles. The molecular formula is C12H16N4O2S. The van der Waals surface area contributed by atoms with Crippen molar-refractivity contribution in [2.24, 2.45) is 0 Å². The van der Waals surface area contributed by atoms with Crippen molar-refractivity contribution in [3.05, 3.63) is 30.1 Å². The second-order valence-corrected chi connectivity index (χ2v) is 6.05. The number of anilines is 1. The van der Waals surface area contributed by atoms with Crippen molar-refractivity contribution in [2.45, 2.75) is 20.3 Å². The number of nitrogens with one attached hydrogen (secondary N) is 2. The first-order chi connectivity index (χ1) is 9.02. The third-order valence-corrected chi connectivity index (χ3v) is 3.98. The first kappa shape index (κ1) is 13.5. The van der Waals surface area contributed by atoms with Gasteiger partial charge in [0, 0.05) is 5.56 Å². The number of para-hydroxylation sites is 1. The number of hydrogen-bond donors (Lipinski definition) is 2. The lowest BCUT2D eigenvalue weighted by atomic mass is 10.2. The minimum Gasteiger partial charge on any atom is -0.283 e. The molecule has 0 aliphatic carbocycles. The number of aromatic amines is 1. The minimum absolute atomic E-state index is 0.0916. The van der Waals surface area contributed by atoms with Gasteiger partial charge in [-0.1, -0.05) is 19.1 Å². The van der Waals surface area contributed by atoms with Gasteiger partial charge in [0.1, 0.15) is 5.82 Å². The van der Waals surface area contributed by atoms with Crippen LogP contribution in [0, 0.1) is 6.92 Å². The molecule has 1 aromatic carbocycles. The Kier molecular flexibility index (Phi) is 3.84. The summed E-state index contributed by atoms with van der Waals surface area (Å²) in [5.41, 5.74) is 1.15. The highest BCUT2D eigenvalue weighted by Gasteiger charge is 2.14. The van der Waals surface area contributed by atoms with Crippen molar-refractivity contribution >= 4 is 15.7 Å². The normalized spacial score (nSPS) is 11.5. The van der Waals surface area contributed by atoms with Gasteiger partial charge < -0.3 is 0 Å². The third-order valence-electron chi connectivity index (χ3n) is 2.50. The highest BCUT2D eigenvalue weighted by atomic mass is 32.2. The van der Waals surface area contributed by atoms with Crippen LogP contribution in [0.4, 0.5) is 5.69 Å². The van der Waals surface area contributed by atoms with Crippen LogP contribution in [0.5, 0.6) is 0 Å². The summed E-state index contributed by atoms with van der Waals surface area (Å²) in [5, 5.41) is 6.80. The Morgan fingerprint density at radius 3 is 2.68 bits per heavy atom. The molecule has 19 heavy (non-hydrogen) atoms. The van der Waals surface area contributed by atoms with Crippen molar-refractivity contribution in [1.82, 2.24) is 15.2 Å². The molecular weight excluding hydrogens is 264 g/mol. The van der Waals surface area contributed by atoms with Crippen LogP contribution in [0.3, 0.4) is 0 Å². The van der Waals surface area contributed by atoms with Crippen LogP contribution in [0.1, 0.15) is 19.2 Å². The molecule has 0 unspecified atom stereocenters. The largest absolute Gasteiger partial charge is 0.283 e. The average Bonchev–Trinajstić information content (AvgIpc) is 2.75. The molecule has 2 aromatic rings. The van der Waals surface area contributed by atoms with E-state index in [0.717, 1.165) is 0 Å². The Balaban J connectivity index is 2.37. The zero-order valence-corrected chi connectivity index (χ0v) is 11.7. The van der Waals surface area contributed by atoms with Crippen LogP contribution >= 0.6 is 0 Å². The zero-order chi connectivity index (χ0) is 13.9. The number of H-pyrrole nitrogens is 1. The number of hydrogen-bond acceptors (Lipinski definition) is 4. The van der Waals surface area contributed by atoms with Crippen LogP contribution in [-0.4, -0.2) is 29.4 Å². The molecule has 102 valence electrons. The Morgan fingerprint density at radius 2 is 2.05 bits per heavy atom. The maximum absolute atomic E-state index is 11.8. The molecule has 0 aliphatic rings. The first-order valence-electron chi connectivity index (χ1n) is 6.01. The van der Waals surface area contributed by atoms with E-state index in [-0.39, 0.29) is 5.75 Å². The van der Waals surface area contributed by atoms with Crippen LogP contribution in [0.15, 0.2) is 24.3 Å². The van der Waals surface area contributed by atoms with Gasteiger partial charge in [-0.25, -0.2) is 13.4 Å². The molecule has 0 spiro atoms. The van der Waals surface area contributed by atoms with E-state index in [2.05, 4.69) is 19.9 Å². The summed E-state index contributed by atoms with van der Waals surface area (Å²) >= 11 is 0. The Bertz CT molecular complexity index is 664. The fourth-order valence-corrected chi connectivity index (χ4v) is 2.87. The number of benzene rings is 1. The van der Waals surface area contributed by atoms with Crippen LogP contribution < -0.4 is 4.72 Å². The summed E-state index contributed by atoms with van der Waals surface area (Å²) in [5.74, 6) is 1.25. The Morgan fingerprint density at radius 1 is 1.32 bits per heavy atom. The van der Waals surface area contributed by atoms with Gasteiger partial charge in [-0.15, -0.1) is 0 Å². The second kappa shape index (κ2) is 5.40. The van der Waals surface area contributed by atoms with Gasteiger partial charge in [-0.2, -0.15) is 5.10 Å². The van der Waals surface area contributed by atoms with Gasteiger partial charge in [-0.3, -0.25) is 9.82 Å². The molecule has 0 saturated carbocycles. The number of aryl methyl sites for hydroxylation is 1. The first-order valence-corrected chi connectivity index (χ1v) is 7.66. The molecule has 0 bridgehead atoms. The lowest BCUT2D eigenvalue weighted by Gasteiger charge is -2.10. The molecule has 2 N–H and O–H groups in total. The summed E-state index contributed by atoms with van der Waals surface area (Å²) in [4.78, 5) is 4.22. The van der Waals surface area contributed by atoms with E-state index in [1.54, 1.807) is 25.1 Å². The molecule has 2 rings (SSSR count). The minimum atomic E-state index is -3.32. The van der Waals surface area contributed by atoms with Gasteiger partial charge in [0.25, 0.3) is 0 Å². The van der Waals surface area contributed by atoms with Crippen molar-refractivity contribution < 1.29 is 8.42 Å². The molecule has 0 amide bonds. The molecule has 0 atom stereocenters. The zero-order valence-electron chi connectivity index (χ0n) is 10.8. The highest BCUT2D eigenvalue weighted by Crippen LogP contribution is 2.25. The van der Waals surface area contributed by atoms with Crippen molar-refractivity contribution in [3.8, 4) is 11.4 Å². The third kappa shape index (κ3) is 3.31. The van der Waals surface area contributed by atoms with Gasteiger partial charge in [-0.05, 0) is 25.5 Å². The fourth-order valence-electron chi connectivity index (χ4n) is 1.72. The predicted octanol–water partition coefficient (Wildman–Crippen LogP) is 1.93. The topological polar surface area (TPSA) is 87.7 Å². The molecule has 0 fully saturated rings. The van der Waals surface area contributed by atoms with Gasteiger partial charge in [0.2, 0.25) is 10.0 Å². The lowest BCUT2D eigenvalue weighted by Crippen LogP contribution is -2.16. The molecule has 7 heteroatoms. The highest BCUT2D eigenvalue weighted by molar-refractivity contribution is 7.92. The van der Waals surface area contributed by atoms with Crippen molar-refractivity contribution in [1.29, 1.82) is 0 Å². The standard InChI is InChI=1S/C12H16N4O2S/c1-3-8-19(17,18)16-11-7-5-4-6-10(11)12-13-9(2)14-15-12/h4-7,16H,3,8H2,1-2H3,(H,13,14,15). The van der Waals surface area contributed by atoms with E-state index in [9.17, 15) is 8.42 Å². The van der Waals surface area contributed by atoms with Gasteiger partial charge in [0.15, 0.2) is 5.82 Å². The number of aromatic nitrogens is 3. The molecule has 0 radical (unpaired) electrons. The van der Waals surface area contributed by atoms with Crippen LogP contribution in [-0.2, 0) is 10.0 Å². The van der Waals surface area contributed by atoms with E-state index in [1.165, 1.54) is 0 Å². The average molecular weight is 280 g/mol. The Hall–Kier alpha value is -1.89.